The molecule has 0 fully saturated rings. The van der Waals surface area contributed by atoms with Crippen LogP contribution in [-0.4, -0.2) is 11.7 Å². The Kier molecular flexibility index (Phi) is 8.39. The highest BCUT2D eigenvalue weighted by Crippen LogP contribution is 1.66. The quantitative estimate of drug-likeness (QED) is 0.480. The monoisotopic (exact) mass is 127 g/mol. The van der Waals surface area contributed by atoms with Gasteiger partial charge in [0.05, 0.1) is 6.54 Å². The predicted octanol–water partition coefficient (Wildman–Crippen LogP) is -0.177. The molecule has 0 aliphatic rings. The number of carbonyl (C=O) groups excluding carboxylic acids is 1. The maximum atomic E-state index is 9.55. The van der Waals surface area contributed by atoms with Crippen LogP contribution in [0.4, 0.5) is 0 Å². The number of thiol groups is 1. The van der Waals surface area contributed by atoms with Crippen molar-refractivity contribution in [1.82, 2.24) is 0 Å². The van der Waals surface area contributed by atoms with Crippen LogP contribution in [0.1, 0.15) is 0 Å². The van der Waals surface area contributed by atoms with Gasteiger partial charge in [0.2, 0.25) is 0 Å². The van der Waals surface area contributed by atoms with E-state index in [-0.39, 0.29) is 24.1 Å². The van der Waals surface area contributed by atoms with Gasteiger partial charge >= 0.3 is 0 Å². The molecule has 0 atom stereocenters. The first-order chi connectivity index (χ1) is 2.27. The fraction of sp³-hybridized carbons (Fsp3) is 0.500. The SMILES string of the molecule is Cl.NCC(=O)S. The van der Waals surface area contributed by atoms with Gasteiger partial charge in [-0.25, -0.2) is 0 Å². The van der Waals surface area contributed by atoms with E-state index < -0.39 is 0 Å². The zero-order valence-corrected chi connectivity index (χ0v) is 4.76. The van der Waals surface area contributed by atoms with Crippen LogP contribution < -0.4 is 5.73 Å². The number of hydrogen-bond donors (Lipinski definition) is 2. The third-order valence-electron chi connectivity index (χ3n) is 0.175. The van der Waals surface area contributed by atoms with E-state index in [0.29, 0.717) is 0 Å². The molecule has 0 spiro atoms. The van der Waals surface area contributed by atoms with Crippen LogP contribution in [0.25, 0.3) is 0 Å². The third-order valence-corrected chi connectivity index (χ3v) is 0.357. The lowest BCUT2D eigenvalue weighted by molar-refractivity contribution is -0.109. The molecule has 4 heteroatoms. The smallest absolute Gasteiger partial charge is 0.199 e. The van der Waals surface area contributed by atoms with Gasteiger partial charge in [-0.2, -0.15) is 0 Å². The summed E-state index contributed by atoms with van der Waals surface area (Å²) >= 11 is 3.33. The highest BCUT2D eigenvalue weighted by molar-refractivity contribution is 7.96. The second-order valence-electron chi connectivity index (χ2n) is 0.598. The minimum absolute atomic E-state index is 0. The number of hydrogen-bond acceptors (Lipinski definition) is 2. The van der Waals surface area contributed by atoms with Gasteiger partial charge < -0.3 is 5.73 Å². The van der Waals surface area contributed by atoms with Crippen molar-refractivity contribution in [1.29, 1.82) is 0 Å². The number of rotatable bonds is 1. The van der Waals surface area contributed by atoms with E-state index in [1.165, 1.54) is 0 Å². The molecule has 0 aromatic rings. The van der Waals surface area contributed by atoms with Gasteiger partial charge in [-0.15, -0.1) is 25.0 Å². The van der Waals surface area contributed by atoms with Crippen molar-refractivity contribution in [3.63, 3.8) is 0 Å². The second kappa shape index (κ2) is 5.27. The maximum Gasteiger partial charge on any atom is 0.199 e. The summed E-state index contributed by atoms with van der Waals surface area (Å²) in [6.07, 6.45) is 0. The Morgan fingerprint density at radius 1 is 1.83 bits per heavy atom. The zero-order chi connectivity index (χ0) is 4.28. The maximum absolute atomic E-state index is 9.55. The van der Waals surface area contributed by atoms with Crippen molar-refractivity contribution in [2.75, 3.05) is 6.54 Å². The van der Waals surface area contributed by atoms with Crippen molar-refractivity contribution in [3.05, 3.63) is 0 Å². The fourth-order valence-corrected chi connectivity index (χ4v) is 0. The molecule has 0 unspecified atom stereocenters. The van der Waals surface area contributed by atoms with Gasteiger partial charge in [-0.1, -0.05) is 0 Å². The lowest BCUT2D eigenvalue weighted by atomic mass is 10.8. The molecule has 0 saturated carbocycles. The Labute approximate surface area is 47.9 Å². The van der Waals surface area contributed by atoms with Crippen molar-refractivity contribution in [2.45, 2.75) is 0 Å². The average molecular weight is 128 g/mol. The molecule has 2 nitrogen and oxygen atoms in total. The molecular formula is C2H6ClNOS. The molecule has 0 aliphatic carbocycles. The molecule has 0 aromatic heterocycles. The Balaban J connectivity index is 0. The summed E-state index contributed by atoms with van der Waals surface area (Å²) in [6.45, 7) is 0.0309. The van der Waals surface area contributed by atoms with Gasteiger partial charge in [0, 0.05) is 0 Å². The second-order valence-corrected chi connectivity index (χ2v) is 1.10. The zero-order valence-electron chi connectivity index (χ0n) is 3.05. The van der Waals surface area contributed by atoms with Crippen LogP contribution in [0, 0.1) is 0 Å². The Hall–Kier alpha value is 0.270. The van der Waals surface area contributed by atoms with E-state index in [1.54, 1.807) is 0 Å². The van der Waals surface area contributed by atoms with Crippen molar-refractivity contribution < 1.29 is 4.79 Å². The van der Waals surface area contributed by atoms with Crippen molar-refractivity contribution in [3.8, 4) is 0 Å². The Morgan fingerprint density at radius 3 is 2.00 bits per heavy atom. The summed E-state index contributed by atoms with van der Waals surface area (Å²) in [6, 6.07) is 0. The number of carbonyl (C=O) groups is 1. The van der Waals surface area contributed by atoms with Gasteiger partial charge in [0.25, 0.3) is 0 Å². The summed E-state index contributed by atoms with van der Waals surface area (Å²) in [4.78, 5) is 9.55. The molecule has 0 saturated heterocycles. The molecule has 0 radical (unpaired) electrons. The van der Waals surface area contributed by atoms with Crippen LogP contribution in [0.2, 0.25) is 0 Å². The molecule has 2 N–H and O–H groups in total. The molecule has 0 heterocycles. The highest BCUT2D eigenvalue weighted by atomic mass is 35.5. The minimum Gasteiger partial charge on any atom is -0.323 e. The van der Waals surface area contributed by atoms with E-state index in [4.69, 9.17) is 5.73 Å². The summed E-state index contributed by atoms with van der Waals surface area (Å²) in [7, 11) is 0. The fourth-order valence-electron chi connectivity index (χ4n) is 0. The average Bonchev–Trinajstić information content (AvgIpc) is 1.38. The van der Waals surface area contributed by atoms with Crippen molar-refractivity contribution >= 4 is 30.2 Å². The van der Waals surface area contributed by atoms with Gasteiger partial charge in [0.1, 0.15) is 0 Å². The largest absolute Gasteiger partial charge is 0.323 e. The standard InChI is InChI=1S/C2H5NOS.ClH/c3-1-2(4)5;/h1,3H2,(H,4,5);1H. The lowest BCUT2D eigenvalue weighted by Gasteiger charge is -1.71. The lowest BCUT2D eigenvalue weighted by Crippen LogP contribution is -2.05. The topological polar surface area (TPSA) is 43.1 Å². The molecule has 0 bridgehead atoms. The van der Waals surface area contributed by atoms with Crippen molar-refractivity contribution in [2.24, 2.45) is 5.73 Å². The first-order valence-electron chi connectivity index (χ1n) is 1.19. The molecule has 38 valence electrons. The molecular weight excluding hydrogens is 122 g/mol. The molecule has 6 heavy (non-hydrogen) atoms. The summed E-state index contributed by atoms with van der Waals surface area (Å²) in [5, 5.41) is -0.273. The molecule has 0 aliphatic heterocycles. The van der Waals surface area contributed by atoms with Crippen LogP contribution in [0.3, 0.4) is 0 Å². The predicted molar refractivity (Wildman–Crippen MR) is 30.3 cm³/mol. The van der Waals surface area contributed by atoms with E-state index in [0.717, 1.165) is 0 Å². The van der Waals surface area contributed by atoms with E-state index in [2.05, 4.69) is 12.6 Å². The van der Waals surface area contributed by atoms with Crippen LogP contribution in [0.15, 0.2) is 0 Å². The van der Waals surface area contributed by atoms with Gasteiger partial charge in [-0.3, -0.25) is 4.79 Å². The van der Waals surface area contributed by atoms with E-state index in [9.17, 15) is 4.79 Å². The number of halogens is 1. The first kappa shape index (κ1) is 9.55. The van der Waals surface area contributed by atoms with Gasteiger partial charge in [-0.05, 0) is 0 Å². The summed E-state index contributed by atoms with van der Waals surface area (Å²) in [5.74, 6) is 0. The van der Waals surface area contributed by atoms with Crippen LogP contribution in [-0.2, 0) is 4.79 Å². The van der Waals surface area contributed by atoms with Crippen LogP contribution >= 0.6 is 25.0 Å². The first-order valence-corrected chi connectivity index (χ1v) is 1.64. The molecule has 0 rings (SSSR count). The Bertz CT molecular complexity index is 48.8. The minimum atomic E-state index is -0.273. The third kappa shape index (κ3) is 8.86. The normalized spacial score (nSPS) is 6.33. The molecule has 0 aromatic carbocycles. The van der Waals surface area contributed by atoms with Gasteiger partial charge in [0.15, 0.2) is 5.12 Å². The number of nitrogens with two attached hydrogens (primary N) is 1. The van der Waals surface area contributed by atoms with E-state index in [1.807, 2.05) is 0 Å². The van der Waals surface area contributed by atoms with E-state index >= 15 is 0 Å². The summed E-state index contributed by atoms with van der Waals surface area (Å²) < 4.78 is 0. The Morgan fingerprint density at radius 2 is 2.00 bits per heavy atom. The van der Waals surface area contributed by atoms with Crippen LogP contribution in [0.5, 0.6) is 0 Å². The molecule has 0 amide bonds. The summed E-state index contributed by atoms with van der Waals surface area (Å²) in [5.41, 5.74) is 4.75. The highest BCUT2D eigenvalue weighted by Gasteiger charge is 1.78.